The number of thiazole rings is 1. The van der Waals surface area contributed by atoms with E-state index in [0.717, 1.165) is 31.9 Å². The van der Waals surface area contributed by atoms with Gasteiger partial charge in [0.25, 0.3) is 5.56 Å². The summed E-state index contributed by atoms with van der Waals surface area (Å²) >= 11 is 3.13. The fourth-order valence-electron chi connectivity index (χ4n) is 4.06. The van der Waals surface area contributed by atoms with Crippen molar-refractivity contribution in [1.29, 1.82) is 0 Å². The average Bonchev–Trinajstić information content (AvgIpc) is 3.36. The lowest BCUT2D eigenvalue weighted by atomic mass is 10.1. The van der Waals surface area contributed by atoms with Gasteiger partial charge in [0.2, 0.25) is 0 Å². The van der Waals surface area contributed by atoms with Gasteiger partial charge in [-0.2, -0.15) is 0 Å². The lowest BCUT2D eigenvalue weighted by Crippen LogP contribution is -2.33. The maximum absolute atomic E-state index is 14.2. The van der Waals surface area contributed by atoms with Crippen molar-refractivity contribution in [2.75, 3.05) is 17.3 Å². The van der Waals surface area contributed by atoms with E-state index in [2.05, 4.69) is 40.3 Å². The lowest BCUT2D eigenvalue weighted by molar-refractivity contribution is 0.632. The topological polar surface area (TPSA) is 50.2 Å². The molecule has 0 saturated heterocycles. The highest BCUT2D eigenvalue weighted by molar-refractivity contribution is 8.08. The van der Waals surface area contributed by atoms with Crippen LogP contribution in [0.5, 0.6) is 0 Å². The highest BCUT2D eigenvalue weighted by Crippen LogP contribution is 2.45. The molecule has 3 heterocycles. The third kappa shape index (κ3) is 4.39. The Morgan fingerprint density at radius 3 is 2.71 bits per heavy atom. The molecule has 0 spiro atoms. The predicted octanol–water partition coefficient (Wildman–Crippen LogP) is 4.91. The Hall–Kier alpha value is -3.36. The summed E-state index contributed by atoms with van der Waals surface area (Å²) in [5, 5.41) is 4.08. The largest absolute Gasteiger partial charge is 0.351 e. The number of nitrogens with zero attached hydrogens (tertiary/aromatic N) is 3. The van der Waals surface area contributed by atoms with Gasteiger partial charge in [-0.25, -0.2) is 4.39 Å². The van der Waals surface area contributed by atoms with Crippen LogP contribution in [0.25, 0.3) is 11.1 Å². The molecule has 8 heteroatoms. The first-order valence-corrected chi connectivity index (χ1v) is 13.1. The number of rotatable bonds is 5. The minimum Gasteiger partial charge on any atom is -0.351 e. The molecule has 0 radical (unpaired) electrons. The van der Waals surface area contributed by atoms with Crippen LogP contribution in [0.4, 0.5) is 21.5 Å². The molecule has 5 nitrogen and oxygen atoms in total. The molecule has 1 aliphatic rings. The standard InChI is InChI=1S/C27H25FN4OS2/c1-4-17-10-11-22-23(14-17)34-27(31(22)3)25-26(33)32(5-2)24(35-25)15-18-12-13-29-16-21(18)30-20-9-7-6-8-19(20)28/h6-16,30H,4-5H2,1-3H3/b24-15-,27-25+. The molecule has 0 unspecified atom stereocenters. The van der Waals surface area contributed by atoms with Gasteiger partial charge in [-0.15, -0.1) is 11.3 Å². The van der Waals surface area contributed by atoms with Gasteiger partial charge >= 0.3 is 0 Å². The monoisotopic (exact) mass is 504 g/mol. The summed E-state index contributed by atoms with van der Waals surface area (Å²) in [4.78, 5) is 20.9. The molecule has 2 aromatic carbocycles. The first kappa shape index (κ1) is 23.4. The first-order chi connectivity index (χ1) is 17.0. The third-order valence-corrected chi connectivity index (χ3v) is 8.47. The van der Waals surface area contributed by atoms with E-state index in [4.69, 9.17) is 0 Å². The molecule has 178 valence electrons. The Morgan fingerprint density at radius 1 is 1.11 bits per heavy atom. The van der Waals surface area contributed by atoms with E-state index in [0.29, 0.717) is 17.9 Å². The fourth-order valence-corrected chi connectivity index (χ4v) is 6.59. The van der Waals surface area contributed by atoms with Crippen molar-refractivity contribution in [3.8, 4) is 0 Å². The number of hydrogen-bond acceptors (Lipinski definition) is 6. The van der Waals surface area contributed by atoms with Crippen molar-refractivity contribution in [2.45, 2.75) is 31.7 Å². The molecule has 2 aromatic heterocycles. The third-order valence-electron chi connectivity index (χ3n) is 6.00. The summed E-state index contributed by atoms with van der Waals surface area (Å²) in [5.41, 5.74) is 4.27. The normalized spacial score (nSPS) is 15.0. The van der Waals surface area contributed by atoms with Crippen molar-refractivity contribution in [3.63, 3.8) is 0 Å². The summed E-state index contributed by atoms with van der Waals surface area (Å²) in [6.07, 6.45) is 6.30. The molecule has 1 N–H and O–H groups in total. The van der Waals surface area contributed by atoms with Crippen LogP contribution in [0.3, 0.4) is 0 Å². The number of aryl methyl sites for hydroxylation is 1. The Bertz CT molecular complexity index is 1590. The van der Waals surface area contributed by atoms with E-state index in [1.54, 1.807) is 46.9 Å². The van der Waals surface area contributed by atoms with Gasteiger partial charge in [0.05, 0.1) is 27.9 Å². The number of pyridine rings is 1. The molecule has 0 aliphatic carbocycles. The minimum atomic E-state index is -0.338. The van der Waals surface area contributed by atoms with Crippen LogP contribution < -0.4 is 25.0 Å². The quantitative estimate of drug-likeness (QED) is 0.419. The van der Waals surface area contributed by atoms with Crippen molar-refractivity contribution >= 4 is 51.3 Å². The number of hydrogen-bond donors (Lipinski definition) is 1. The molecular weight excluding hydrogens is 479 g/mol. The van der Waals surface area contributed by atoms with Crippen LogP contribution in [-0.2, 0) is 13.0 Å². The summed E-state index contributed by atoms with van der Waals surface area (Å²) < 4.78 is 17.6. The van der Waals surface area contributed by atoms with E-state index in [1.165, 1.54) is 27.9 Å². The SMILES string of the molecule is CCc1ccc2c(c1)S/C(=c1/s/c(=C\c3ccncc3Nc3ccccc3F)n(CC)c1=O)N2C. The average molecular weight is 505 g/mol. The molecule has 5 rings (SSSR count). The van der Waals surface area contributed by atoms with E-state index in [9.17, 15) is 9.18 Å². The lowest BCUT2D eigenvalue weighted by Gasteiger charge is -2.12. The van der Waals surface area contributed by atoms with Crippen molar-refractivity contribution < 1.29 is 4.39 Å². The fraction of sp³-hybridized carbons (Fsp3) is 0.185. The van der Waals surface area contributed by atoms with Crippen LogP contribution >= 0.6 is 23.1 Å². The van der Waals surface area contributed by atoms with Gasteiger partial charge in [0.1, 0.15) is 15.4 Å². The van der Waals surface area contributed by atoms with E-state index in [-0.39, 0.29) is 11.4 Å². The second-order valence-corrected chi connectivity index (χ2v) is 10.2. The highest BCUT2D eigenvalue weighted by Gasteiger charge is 2.25. The maximum Gasteiger partial charge on any atom is 0.271 e. The summed E-state index contributed by atoms with van der Waals surface area (Å²) in [5.74, 6) is -0.338. The number of benzene rings is 2. The number of nitrogens with one attached hydrogen (secondary N) is 1. The molecular formula is C27H25FN4OS2. The molecule has 0 fully saturated rings. The molecule has 1 aliphatic heterocycles. The van der Waals surface area contributed by atoms with Crippen LogP contribution in [0.2, 0.25) is 0 Å². The van der Waals surface area contributed by atoms with E-state index >= 15 is 0 Å². The zero-order chi connectivity index (χ0) is 24.5. The Kier molecular flexibility index (Phi) is 6.49. The van der Waals surface area contributed by atoms with Crippen LogP contribution in [0.1, 0.15) is 25.0 Å². The zero-order valence-electron chi connectivity index (χ0n) is 19.7. The van der Waals surface area contributed by atoms with E-state index in [1.807, 2.05) is 26.1 Å². The molecule has 0 saturated carbocycles. The van der Waals surface area contributed by atoms with Crippen molar-refractivity contribution in [2.24, 2.45) is 0 Å². The summed E-state index contributed by atoms with van der Waals surface area (Å²) in [6, 6.07) is 14.9. The van der Waals surface area contributed by atoms with Crippen molar-refractivity contribution in [3.05, 3.63) is 97.4 Å². The van der Waals surface area contributed by atoms with Gasteiger partial charge < -0.3 is 10.2 Å². The van der Waals surface area contributed by atoms with Gasteiger partial charge in [0.15, 0.2) is 0 Å². The molecule has 35 heavy (non-hydrogen) atoms. The number of fused-ring (bicyclic) bond motifs is 1. The smallest absolute Gasteiger partial charge is 0.271 e. The number of aromatic nitrogens is 2. The molecule has 0 amide bonds. The molecule has 0 atom stereocenters. The van der Waals surface area contributed by atoms with Gasteiger partial charge in [-0.3, -0.25) is 14.3 Å². The van der Waals surface area contributed by atoms with Crippen LogP contribution in [-0.4, -0.2) is 16.6 Å². The van der Waals surface area contributed by atoms with Crippen molar-refractivity contribution in [1.82, 2.24) is 9.55 Å². The number of thioether (sulfide) groups is 1. The van der Waals surface area contributed by atoms with Crippen LogP contribution in [0.15, 0.2) is 70.6 Å². The highest BCUT2D eigenvalue weighted by atomic mass is 32.2. The van der Waals surface area contributed by atoms with Gasteiger partial charge in [-0.1, -0.05) is 36.9 Å². The van der Waals surface area contributed by atoms with E-state index < -0.39 is 0 Å². The predicted molar refractivity (Wildman–Crippen MR) is 144 cm³/mol. The minimum absolute atomic E-state index is 0.000657. The number of para-hydroxylation sites is 1. The summed E-state index contributed by atoms with van der Waals surface area (Å²) in [7, 11) is 2.01. The first-order valence-electron chi connectivity index (χ1n) is 11.5. The Labute approximate surface area is 211 Å². The second-order valence-electron chi connectivity index (χ2n) is 8.15. The van der Waals surface area contributed by atoms with Gasteiger partial charge in [-0.05, 0) is 55.3 Å². The number of halogens is 1. The molecule has 0 bridgehead atoms. The second kappa shape index (κ2) is 9.71. The van der Waals surface area contributed by atoms with Crippen LogP contribution in [0, 0.1) is 5.82 Å². The summed E-state index contributed by atoms with van der Waals surface area (Å²) in [6.45, 7) is 4.67. The number of anilines is 3. The zero-order valence-corrected chi connectivity index (χ0v) is 21.3. The van der Waals surface area contributed by atoms with Gasteiger partial charge in [0, 0.05) is 30.2 Å². The Morgan fingerprint density at radius 2 is 1.94 bits per heavy atom. The maximum atomic E-state index is 14.2. The Balaban J connectivity index is 1.62. The molecule has 4 aromatic rings.